The summed E-state index contributed by atoms with van der Waals surface area (Å²) in [5, 5.41) is 6.68. The fourth-order valence-corrected chi connectivity index (χ4v) is 4.22. The standard InChI is InChI=1S/C21H29N3O2/c1-3-14-26-19-7-5-18(6-8-19)24-12-10-17(11-13-24)22-21-15-16(2)4-9-20(21)23-25/h1,4,9,15,17-19,22H,5-8,10-14H2,2H3/t18-,19+. The lowest BCUT2D eigenvalue weighted by atomic mass is 9.90. The van der Waals surface area contributed by atoms with Gasteiger partial charge in [-0.25, -0.2) is 0 Å². The maximum atomic E-state index is 11.0. The predicted octanol–water partition coefficient (Wildman–Crippen LogP) is 4.23. The number of benzene rings is 1. The average Bonchev–Trinajstić information content (AvgIpc) is 2.68. The number of aryl methyl sites for hydroxylation is 1. The maximum absolute atomic E-state index is 11.0. The fourth-order valence-electron chi connectivity index (χ4n) is 4.22. The number of likely N-dealkylation sites (tertiary alicyclic amines) is 1. The molecular weight excluding hydrogens is 326 g/mol. The van der Waals surface area contributed by atoms with Crippen LogP contribution >= 0.6 is 0 Å². The Balaban J connectivity index is 1.46. The molecule has 0 radical (unpaired) electrons. The van der Waals surface area contributed by atoms with Crippen LogP contribution in [0, 0.1) is 24.2 Å². The summed E-state index contributed by atoms with van der Waals surface area (Å²) in [4.78, 5) is 13.6. The molecule has 1 aromatic carbocycles. The van der Waals surface area contributed by atoms with Crippen LogP contribution in [0.5, 0.6) is 0 Å². The number of terminal acetylenes is 1. The van der Waals surface area contributed by atoms with Gasteiger partial charge in [0.15, 0.2) is 0 Å². The lowest BCUT2D eigenvalue weighted by Crippen LogP contribution is -2.46. The first-order chi connectivity index (χ1) is 12.7. The number of piperidine rings is 1. The molecule has 0 bridgehead atoms. The predicted molar refractivity (Wildman–Crippen MR) is 106 cm³/mol. The Hall–Kier alpha value is -1.90. The number of nitrogens with zero attached hydrogens (tertiary/aromatic N) is 2. The molecule has 0 unspecified atom stereocenters. The zero-order valence-electron chi connectivity index (χ0n) is 15.6. The van der Waals surface area contributed by atoms with E-state index < -0.39 is 0 Å². The zero-order chi connectivity index (χ0) is 18.4. The van der Waals surface area contributed by atoms with Crippen molar-refractivity contribution in [2.24, 2.45) is 5.18 Å². The highest BCUT2D eigenvalue weighted by molar-refractivity contribution is 5.66. The second-order valence-electron chi connectivity index (χ2n) is 7.51. The van der Waals surface area contributed by atoms with E-state index in [1.54, 1.807) is 6.07 Å². The number of anilines is 1. The van der Waals surface area contributed by atoms with Gasteiger partial charge in [-0.15, -0.1) is 11.3 Å². The molecule has 140 valence electrons. The van der Waals surface area contributed by atoms with Crippen molar-refractivity contribution in [2.45, 2.75) is 63.6 Å². The summed E-state index contributed by atoms with van der Waals surface area (Å²) in [7, 11) is 0. The normalized spacial score (nSPS) is 24.8. The van der Waals surface area contributed by atoms with Crippen molar-refractivity contribution in [3.05, 3.63) is 28.7 Å². The largest absolute Gasteiger partial charge is 0.380 e. The molecule has 1 heterocycles. The Morgan fingerprint density at radius 3 is 2.62 bits per heavy atom. The van der Waals surface area contributed by atoms with E-state index in [2.05, 4.69) is 21.3 Å². The SMILES string of the molecule is C#CCO[C@H]1CC[C@@H](N2CCC(Nc3cc(C)ccc3N=O)CC2)CC1. The van der Waals surface area contributed by atoms with Crippen LogP contribution in [0.15, 0.2) is 23.4 Å². The van der Waals surface area contributed by atoms with E-state index in [0.717, 1.165) is 50.0 Å². The zero-order valence-corrected chi connectivity index (χ0v) is 15.6. The quantitative estimate of drug-likeness (QED) is 0.613. The minimum absolute atomic E-state index is 0.345. The van der Waals surface area contributed by atoms with E-state index in [4.69, 9.17) is 11.2 Å². The topological polar surface area (TPSA) is 53.9 Å². The number of nitroso groups, excluding NO2 is 1. The van der Waals surface area contributed by atoms with Gasteiger partial charge < -0.3 is 15.0 Å². The molecule has 0 amide bonds. The fraction of sp³-hybridized carbons (Fsp3) is 0.619. The van der Waals surface area contributed by atoms with Gasteiger partial charge in [0.2, 0.25) is 0 Å². The molecule has 2 fully saturated rings. The Labute approximate surface area is 156 Å². The van der Waals surface area contributed by atoms with Crippen molar-refractivity contribution in [2.75, 3.05) is 25.0 Å². The van der Waals surface area contributed by atoms with Gasteiger partial charge in [-0.05, 0) is 68.3 Å². The van der Waals surface area contributed by atoms with Crippen molar-refractivity contribution < 1.29 is 4.74 Å². The average molecular weight is 355 g/mol. The highest BCUT2D eigenvalue weighted by Gasteiger charge is 2.29. The van der Waals surface area contributed by atoms with Gasteiger partial charge in [-0.1, -0.05) is 12.0 Å². The molecule has 0 aromatic heterocycles. The van der Waals surface area contributed by atoms with E-state index >= 15 is 0 Å². The molecule has 3 rings (SSSR count). The van der Waals surface area contributed by atoms with E-state index in [1.165, 1.54) is 12.8 Å². The van der Waals surface area contributed by atoms with Gasteiger partial charge in [0, 0.05) is 25.2 Å². The molecule has 1 N–H and O–H groups in total. The Morgan fingerprint density at radius 2 is 1.96 bits per heavy atom. The number of hydrogen-bond donors (Lipinski definition) is 1. The number of rotatable bonds is 6. The van der Waals surface area contributed by atoms with Crippen LogP contribution < -0.4 is 5.32 Å². The van der Waals surface area contributed by atoms with Gasteiger partial charge in [-0.3, -0.25) is 0 Å². The summed E-state index contributed by atoms with van der Waals surface area (Å²) >= 11 is 0. The van der Waals surface area contributed by atoms with Crippen LogP contribution in [0.2, 0.25) is 0 Å². The Kier molecular flexibility index (Phi) is 6.65. The summed E-state index contributed by atoms with van der Waals surface area (Å²) in [5.41, 5.74) is 2.51. The first-order valence-corrected chi connectivity index (χ1v) is 9.69. The Morgan fingerprint density at radius 1 is 1.23 bits per heavy atom. The van der Waals surface area contributed by atoms with Crippen molar-refractivity contribution in [1.29, 1.82) is 0 Å². The molecule has 0 atom stereocenters. The highest BCUT2D eigenvalue weighted by Crippen LogP contribution is 2.30. The molecule has 1 aliphatic heterocycles. The third-order valence-corrected chi connectivity index (χ3v) is 5.70. The molecule has 0 spiro atoms. The number of ether oxygens (including phenoxy) is 1. The van der Waals surface area contributed by atoms with Crippen LogP contribution in [0.25, 0.3) is 0 Å². The summed E-state index contributed by atoms with van der Waals surface area (Å²) in [5.74, 6) is 2.56. The second kappa shape index (κ2) is 9.16. The second-order valence-corrected chi connectivity index (χ2v) is 7.51. The van der Waals surface area contributed by atoms with Crippen LogP contribution in [0.3, 0.4) is 0 Å². The number of hydrogen-bond acceptors (Lipinski definition) is 5. The molecule has 2 aliphatic rings. The van der Waals surface area contributed by atoms with E-state index in [9.17, 15) is 4.91 Å². The first-order valence-electron chi connectivity index (χ1n) is 9.69. The monoisotopic (exact) mass is 355 g/mol. The maximum Gasteiger partial charge on any atom is 0.131 e. The van der Waals surface area contributed by atoms with Gasteiger partial charge in [0.05, 0.1) is 11.8 Å². The summed E-state index contributed by atoms with van der Waals surface area (Å²) in [6.45, 7) is 4.68. The Bertz CT molecular complexity index is 639. The lowest BCUT2D eigenvalue weighted by molar-refractivity contribution is 0.0190. The molecule has 1 aromatic rings. The van der Waals surface area contributed by atoms with Crippen LogP contribution in [0.1, 0.15) is 44.1 Å². The molecule has 5 heteroatoms. The van der Waals surface area contributed by atoms with Crippen LogP contribution in [-0.2, 0) is 4.74 Å². The van der Waals surface area contributed by atoms with Crippen molar-refractivity contribution in [3.8, 4) is 12.3 Å². The summed E-state index contributed by atoms with van der Waals surface area (Å²) in [6, 6.07) is 6.81. The molecule has 1 saturated carbocycles. The molecule has 5 nitrogen and oxygen atoms in total. The van der Waals surface area contributed by atoms with E-state index in [-0.39, 0.29) is 0 Å². The number of nitrogens with one attached hydrogen (secondary N) is 1. The summed E-state index contributed by atoms with van der Waals surface area (Å²) < 4.78 is 5.68. The third kappa shape index (κ3) is 4.84. The van der Waals surface area contributed by atoms with E-state index in [0.29, 0.717) is 30.5 Å². The van der Waals surface area contributed by atoms with E-state index in [1.807, 2.05) is 19.1 Å². The third-order valence-electron chi connectivity index (χ3n) is 5.70. The smallest absolute Gasteiger partial charge is 0.131 e. The van der Waals surface area contributed by atoms with Crippen LogP contribution in [-0.4, -0.2) is 42.8 Å². The minimum atomic E-state index is 0.345. The van der Waals surface area contributed by atoms with Gasteiger partial charge in [-0.2, -0.15) is 0 Å². The molecule has 26 heavy (non-hydrogen) atoms. The first kappa shape index (κ1) is 18.9. The molecular formula is C21H29N3O2. The lowest BCUT2D eigenvalue weighted by Gasteiger charge is -2.41. The van der Waals surface area contributed by atoms with Gasteiger partial charge in [0.25, 0.3) is 0 Å². The van der Waals surface area contributed by atoms with Crippen LogP contribution in [0.4, 0.5) is 11.4 Å². The molecule has 1 aliphatic carbocycles. The molecule has 1 saturated heterocycles. The van der Waals surface area contributed by atoms with Gasteiger partial charge in [0.1, 0.15) is 12.3 Å². The van der Waals surface area contributed by atoms with Crippen molar-refractivity contribution >= 4 is 11.4 Å². The van der Waals surface area contributed by atoms with Crippen molar-refractivity contribution in [1.82, 2.24) is 4.90 Å². The minimum Gasteiger partial charge on any atom is -0.380 e. The summed E-state index contributed by atoms with van der Waals surface area (Å²) in [6.07, 6.45) is 12.4. The van der Waals surface area contributed by atoms with Gasteiger partial charge >= 0.3 is 0 Å². The van der Waals surface area contributed by atoms with Crippen molar-refractivity contribution in [3.63, 3.8) is 0 Å². The highest BCUT2D eigenvalue weighted by atomic mass is 16.5.